The van der Waals surface area contributed by atoms with Crippen LogP contribution in [0.3, 0.4) is 0 Å². The Morgan fingerprint density at radius 1 is 1.00 bits per heavy atom. The van der Waals surface area contributed by atoms with E-state index in [4.69, 9.17) is 0 Å². The standard InChI is InChI=1S/C11H21N3Si/c1-4-12-15(3,13-5-2)14-11-9-7-6-8-10-11/h6-10,12-14H,4-5H2,1-3H3. The molecule has 0 saturated carbocycles. The summed E-state index contributed by atoms with van der Waals surface area (Å²) < 4.78 is 0. The van der Waals surface area contributed by atoms with Gasteiger partial charge in [0.05, 0.1) is 0 Å². The Bertz CT molecular complexity index is 270. The smallest absolute Gasteiger partial charge is 0.308 e. The van der Waals surface area contributed by atoms with E-state index in [-0.39, 0.29) is 0 Å². The molecule has 0 atom stereocenters. The fourth-order valence-corrected chi connectivity index (χ4v) is 4.13. The molecule has 0 spiro atoms. The summed E-state index contributed by atoms with van der Waals surface area (Å²) in [6, 6.07) is 10.3. The summed E-state index contributed by atoms with van der Waals surface area (Å²) in [5, 5.41) is 0. The fraction of sp³-hybridized carbons (Fsp3) is 0.455. The van der Waals surface area contributed by atoms with Crippen molar-refractivity contribution in [1.29, 1.82) is 0 Å². The third-order valence-corrected chi connectivity index (χ3v) is 5.14. The molecule has 15 heavy (non-hydrogen) atoms. The Hall–Kier alpha value is -0.843. The van der Waals surface area contributed by atoms with Gasteiger partial charge >= 0.3 is 8.56 Å². The summed E-state index contributed by atoms with van der Waals surface area (Å²) in [6.07, 6.45) is 0. The fourth-order valence-electron chi connectivity index (χ4n) is 1.67. The SMILES string of the molecule is CCN[Si](C)(NCC)Nc1ccccc1. The number of rotatable bonds is 6. The Kier molecular flexibility index (Phi) is 4.81. The van der Waals surface area contributed by atoms with Crippen molar-refractivity contribution in [2.45, 2.75) is 20.4 Å². The second kappa shape index (κ2) is 5.90. The maximum Gasteiger partial charge on any atom is 0.308 e. The van der Waals surface area contributed by atoms with Crippen molar-refractivity contribution in [2.75, 3.05) is 18.1 Å². The van der Waals surface area contributed by atoms with Gasteiger partial charge in [-0.2, -0.15) is 0 Å². The number of hydrogen-bond donors (Lipinski definition) is 3. The van der Waals surface area contributed by atoms with Gasteiger partial charge in [0, 0.05) is 5.69 Å². The van der Waals surface area contributed by atoms with Gasteiger partial charge in [0.2, 0.25) is 0 Å². The molecule has 0 bridgehead atoms. The van der Waals surface area contributed by atoms with Gasteiger partial charge in [0.25, 0.3) is 0 Å². The monoisotopic (exact) mass is 223 g/mol. The Morgan fingerprint density at radius 3 is 2.00 bits per heavy atom. The highest BCUT2D eigenvalue weighted by atomic mass is 28.4. The highest BCUT2D eigenvalue weighted by Gasteiger charge is 2.25. The summed E-state index contributed by atoms with van der Waals surface area (Å²) in [4.78, 5) is 10.6. The molecule has 0 aliphatic heterocycles. The molecule has 0 unspecified atom stereocenters. The molecule has 0 aliphatic carbocycles. The van der Waals surface area contributed by atoms with Crippen LogP contribution in [0.4, 0.5) is 5.69 Å². The highest BCUT2D eigenvalue weighted by molar-refractivity contribution is 6.76. The van der Waals surface area contributed by atoms with Crippen molar-refractivity contribution in [3.05, 3.63) is 30.3 Å². The van der Waals surface area contributed by atoms with E-state index >= 15 is 0 Å². The van der Waals surface area contributed by atoms with Crippen molar-refractivity contribution < 1.29 is 0 Å². The predicted molar refractivity (Wildman–Crippen MR) is 69.0 cm³/mol. The molecule has 4 heteroatoms. The molecular weight excluding hydrogens is 202 g/mol. The van der Waals surface area contributed by atoms with Gasteiger partial charge < -0.3 is 14.9 Å². The first-order chi connectivity index (χ1) is 7.20. The lowest BCUT2D eigenvalue weighted by atomic mass is 10.3. The molecule has 0 aromatic heterocycles. The maximum absolute atomic E-state index is 3.57. The first-order valence-corrected chi connectivity index (χ1v) is 8.03. The Morgan fingerprint density at radius 2 is 1.53 bits per heavy atom. The topological polar surface area (TPSA) is 36.1 Å². The molecular formula is C11H21N3Si. The molecule has 0 fully saturated rings. The first-order valence-electron chi connectivity index (χ1n) is 5.53. The maximum atomic E-state index is 3.57. The molecule has 84 valence electrons. The van der Waals surface area contributed by atoms with Crippen LogP contribution in [0.25, 0.3) is 0 Å². The second-order valence-electron chi connectivity index (χ2n) is 3.68. The zero-order chi connectivity index (χ0) is 11.1. The van der Waals surface area contributed by atoms with Gasteiger partial charge in [0.15, 0.2) is 0 Å². The van der Waals surface area contributed by atoms with E-state index in [0.29, 0.717) is 0 Å². The molecule has 0 amide bonds. The van der Waals surface area contributed by atoms with Gasteiger partial charge in [-0.1, -0.05) is 32.0 Å². The molecule has 1 aromatic carbocycles. The van der Waals surface area contributed by atoms with Crippen LogP contribution in [0, 0.1) is 0 Å². The van der Waals surface area contributed by atoms with E-state index < -0.39 is 8.56 Å². The van der Waals surface area contributed by atoms with Crippen molar-refractivity contribution in [1.82, 2.24) is 9.96 Å². The molecule has 3 nitrogen and oxygen atoms in total. The quantitative estimate of drug-likeness (QED) is 0.645. The zero-order valence-corrected chi connectivity index (χ0v) is 10.8. The summed E-state index contributed by atoms with van der Waals surface area (Å²) in [7, 11) is -1.74. The molecule has 0 aliphatic rings. The normalized spacial score (nSPS) is 11.4. The van der Waals surface area contributed by atoms with Crippen LogP contribution in [0.1, 0.15) is 13.8 Å². The van der Waals surface area contributed by atoms with Gasteiger partial charge in [-0.25, -0.2) is 0 Å². The third kappa shape index (κ3) is 4.03. The summed E-state index contributed by atoms with van der Waals surface area (Å²) in [5.74, 6) is 0. The summed E-state index contributed by atoms with van der Waals surface area (Å²) in [5.41, 5.74) is 1.17. The minimum absolute atomic E-state index is 0.982. The van der Waals surface area contributed by atoms with Crippen molar-refractivity contribution >= 4 is 14.2 Å². The number of nitrogens with one attached hydrogen (secondary N) is 3. The molecule has 1 rings (SSSR count). The van der Waals surface area contributed by atoms with Gasteiger partial charge in [-0.05, 0) is 31.8 Å². The van der Waals surface area contributed by atoms with Crippen molar-refractivity contribution in [3.63, 3.8) is 0 Å². The van der Waals surface area contributed by atoms with Crippen LogP contribution < -0.4 is 14.9 Å². The molecule has 0 saturated heterocycles. The highest BCUT2D eigenvalue weighted by Crippen LogP contribution is 2.08. The Labute approximate surface area is 93.5 Å². The largest absolute Gasteiger partial charge is 0.387 e. The van der Waals surface area contributed by atoms with E-state index in [1.165, 1.54) is 5.69 Å². The summed E-state index contributed by atoms with van der Waals surface area (Å²) >= 11 is 0. The minimum Gasteiger partial charge on any atom is -0.387 e. The first kappa shape index (κ1) is 12.2. The third-order valence-electron chi connectivity index (χ3n) is 2.23. The lowest BCUT2D eigenvalue weighted by Gasteiger charge is -2.29. The van der Waals surface area contributed by atoms with Crippen LogP contribution in [0.2, 0.25) is 6.55 Å². The van der Waals surface area contributed by atoms with E-state index in [0.717, 1.165) is 13.1 Å². The van der Waals surface area contributed by atoms with Crippen molar-refractivity contribution in [2.24, 2.45) is 0 Å². The van der Waals surface area contributed by atoms with Gasteiger partial charge in [0.1, 0.15) is 0 Å². The molecule has 3 N–H and O–H groups in total. The molecule has 0 heterocycles. The number of hydrogen-bond acceptors (Lipinski definition) is 3. The molecule has 0 radical (unpaired) electrons. The van der Waals surface area contributed by atoms with E-state index in [1.54, 1.807) is 0 Å². The summed E-state index contributed by atoms with van der Waals surface area (Å²) in [6.45, 7) is 8.47. The van der Waals surface area contributed by atoms with Crippen LogP contribution in [-0.4, -0.2) is 21.6 Å². The van der Waals surface area contributed by atoms with Crippen molar-refractivity contribution in [3.8, 4) is 0 Å². The second-order valence-corrected chi connectivity index (χ2v) is 6.88. The van der Waals surface area contributed by atoms with E-state index in [2.05, 4.69) is 59.6 Å². The average molecular weight is 223 g/mol. The van der Waals surface area contributed by atoms with Gasteiger partial charge in [-0.15, -0.1) is 0 Å². The van der Waals surface area contributed by atoms with Crippen LogP contribution >= 0.6 is 0 Å². The van der Waals surface area contributed by atoms with Crippen LogP contribution in [0.15, 0.2) is 30.3 Å². The van der Waals surface area contributed by atoms with Crippen LogP contribution in [0.5, 0.6) is 0 Å². The van der Waals surface area contributed by atoms with E-state index in [9.17, 15) is 0 Å². The molecule has 1 aromatic rings. The van der Waals surface area contributed by atoms with Crippen LogP contribution in [-0.2, 0) is 0 Å². The lowest BCUT2D eigenvalue weighted by Crippen LogP contribution is -2.66. The van der Waals surface area contributed by atoms with Gasteiger partial charge in [-0.3, -0.25) is 0 Å². The van der Waals surface area contributed by atoms with E-state index in [1.807, 2.05) is 6.07 Å². The Balaban J connectivity index is 2.66. The average Bonchev–Trinajstić information content (AvgIpc) is 2.19. The number of para-hydroxylation sites is 1. The number of anilines is 1. The lowest BCUT2D eigenvalue weighted by molar-refractivity contribution is 0.864. The predicted octanol–water partition coefficient (Wildman–Crippen LogP) is 1.89. The zero-order valence-electron chi connectivity index (χ0n) is 9.80. The minimum atomic E-state index is -1.74. The number of benzene rings is 1.